The largest absolute Gasteiger partial charge is 0.506 e. The lowest BCUT2D eigenvalue weighted by Crippen LogP contribution is -2.18. The van der Waals surface area contributed by atoms with E-state index in [0.29, 0.717) is 5.56 Å². The van der Waals surface area contributed by atoms with Gasteiger partial charge in [0.2, 0.25) is 0 Å². The van der Waals surface area contributed by atoms with Crippen LogP contribution in [0.3, 0.4) is 0 Å². The van der Waals surface area contributed by atoms with E-state index in [9.17, 15) is 9.90 Å². The predicted molar refractivity (Wildman–Crippen MR) is 102 cm³/mol. The first-order valence-electron chi connectivity index (χ1n) is 8.15. The summed E-state index contributed by atoms with van der Waals surface area (Å²) in [5, 5.41) is 17.5. The molecule has 0 radical (unpaired) electrons. The third-order valence-corrected chi connectivity index (χ3v) is 4.55. The van der Waals surface area contributed by atoms with Crippen LogP contribution in [-0.2, 0) is 0 Å². The molecule has 3 nitrogen and oxygen atoms in total. The Morgan fingerprint density at radius 3 is 2.24 bits per heavy atom. The number of hydrogen-bond acceptors (Lipinski definition) is 2. The van der Waals surface area contributed by atoms with Gasteiger partial charge in [0, 0.05) is 12.6 Å². The third-order valence-electron chi connectivity index (χ3n) is 4.55. The summed E-state index contributed by atoms with van der Waals surface area (Å²) in [7, 11) is 1.56. The standard InChI is InChI=1S/C22H17NO2/c1-23-22(25)19-13-15-8-3-5-11-17(15)20(21(19)24)18-12-6-9-14-7-2-4-10-16(14)18/h2-13,24H,1H3,(H,23,25). The summed E-state index contributed by atoms with van der Waals surface area (Å²) in [6, 6.07) is 23.6. The lowest BCUT2D eigenvalue weighted by molar-refractivity contribution is 0.0960. The van der Waals surface area contributed by atoms with E-state index in [2.05, 4.69) is 5.32 Å². The first-order valence-corrected chi connectivity index (χ1v) is 8.15. The Morgan fingerprint density at radius 2 is 1.48 bits per heavy atom. The van der Waals surface area contributed by atoms with Crippen LogP contribution in [0.4, 0.5) is 0 Å². The maximum Gasteiger partial charge on any atom is 0.254 e. The Bertz CT molecular complexity index is 1110. The summed E-state index contributed by atoms with van der Waals surface area (Å²) in [4.78, 5) is 12.3. The Morgan fingerprint density at radius 1 is 0.840 bits per heavy atom. The minimum atomic E-state index is -0.301. The smallest absolute Gasteiger partial charge is 0.254 e. The fourth-order valence-electron chi connectivity index (χ4n) is 3.36. The lowest BCUT2D eigenvalue weighted by Gasteiger charge is -2.15. The molecule has 0 spiro atoms. The van der Waals surface area contributed by atoms with Crippen LogP contribution in [0.15, 0.2) is 72.8 Å². The van der Waals surface area contributed by atoms with Crippen molar-refractivity contribution in [2.75, 3.05) is 7.05 Å². The molecule has 0 saturated carbocycles. The summed E-state index contributed by atoms with van der Waals surface area (Å²) >= 11 is 0. The van der Waals surface area contributed by atoms with Gasteiger partial charge in [-0.3, -0.25) is 4.79 Å². The lowest BCUT2D eigenvalue weighted by atomic mass is 9.91. The highest BCUT2D eigenvalue weighted by molar-refractivity contribution is 6.12. The number of fused-ring (bicyclic) bond motifs is 2. The highest BCUT2D eigenvalue weighted by Crippen LogP contribution is 2.41. The van der Waals surface area contributed by atoms with Gasteiger partial charge < -0.3 is 10.4 Å². The molecular formula is C22H17NO2. The van der Waals surface area contributed by atoms with Gasteiger partial charge in [-0.25, -0.2) is 0 Å². The molecule has 122 valence electrons. The quantitative estimate of drug-likeness (QED) is 0.559. The number of hydrogen-bond donors (Lipinski definition) is 2. The number of amides is 1. The molecule has 25 heavy (non-hydrogen) atoms. The summed E-state index contributed by atoms with van der Waals surface area (Å²) in [6.07, 6.45) is 0. The van der Waals surface area contributed by atoms with Crippen LogP contribution in [-0.4, -0.2) is 18.1 Å². The molecule has 0 unspecified atom stereocenters. The Labute approximate surface area is 145 Å². The molecule has 0 saturated heterocycles. The molecule has 0 aliphatic rings. The van der Waals surface area contributed by atoms with Crippen molar-refractivity contribution in [3.05, 3.63) is 78.4 Å². The third kappa shape index (κ3) is 2.41. The van der Waals surface area contributed by atoms with E-state index in [1.807, 2.05) is 66.7 Å². The number of rotatable bonds is 2. The molecule has 4 aromatic rings. The van der Waals surface area contributed by atoms with Crippen molar-refractivity contribution in [1.82, 2.24) is 5.32 Å². The van der Waals surface area contributed by atoms with E-state index in [4.69, 9.17) is 0 Å². The Hall–Kier alpha value is -3.33. The van der Waals surface area contributed by atoms with Crippen molar-refractivity contribution >= 4 is 27.5 Å². The fraction of sp³-hybridized carbons (Fsp3) is 0.0455. The summed E-state index contributed by atoms with van der Waals surface area (Å²) in [5.74, 6) is -0.292. The van der Waals surface area contributed by atoms with Crippen molar-refractivity contribution in [2.45, 2.75) is 0 Å². The molecule has 1 amide bonds. The second-order valence-electron chi connectivity index (χ2n) is 5.97. The molecule has 0 bridgehead atoms. The van der Waals surface area contributed by atoms with Gasteiger partial charge in [-0.1, -0.05) is 66.7 Å². The zero-order valence-corrected chi connectivity index (χ0v) is 13.8. The molecule has 0 aromatic heterocycles. The van der Waals surface area contributed by atoms with Crippen LogP contribution in [0.2, 0.25) is 0 Å². The number of carbonyl (C=O) groups excluding carboxylic acids is 1. The molecule has 0 aliphatic carbocycles. The van der Waals surface area contributed by atoms with Gasteiger partial charge in [-0.2, -0.15) is 0 Å². The molecule has 3 heteroatoms. The molecule has 0 aliphatic heterocycles. The van der Waals surface area contributed by atoms with E-state index >= 15 is 0 Å². The van der Waals surface area contributed by atoms with Crippen LogP contribution in [0, 0.1) is 0 Å². The molecule has 0 heterocycles. The van der Waals surface area contributed by atoms with Crippen LogP contribution in [0.1, 0.15) is 10.4 Å². The van der Waals surface area contributed by atoms with Gasteiger partial charge >= 0.3 is 0 Å². The first-order chi connectivity index (χ1) is 12.2. The van der Waals surface area contributed by atoms with E-state index in [0.717, 1.165) is 27.1 Å². The molecule has 2 N–H and O–H groups in total. The van der Waals surface area contributed by atoms with Crippen molar-refractivity contribution in [3.63, 3.8) is 0 Å². The predicted octanol–water partition coefficient (Wildman–Crippen LogP) is 4.73. The van der Waals surface area contributed by atoms with E-state index < -0.39 is 0 Å². The van der Waals surface area contributed by atoms with E-state index in [1.165, 1.54) is 0 Å². The fourth-order valence-corrected chi connectivity index (χ4v) is 3.36. The van der Waals surface area contributed by atoms with Crippen molar-refractivity contribution in [2.24, 2.45) is 0 Å². The zero-order chi connectivity index (χ0) is 17.4. The number of benzene rings is 4. The SMILES string of the molecule is CNC(=O)c1cc2ccccc2c(-c2cccc3ccccc23)c1O. The highest BCUT2D eigenvalue weighted by atomic mass is 16.3. The number of phenolic OH excluding ortho intramolecular Hbond substituents is 1. The van der Waals surface area contributed by atoms with E-state index in [1.54, 1.807) is 13.1 Å². The maximum absolute atomic E-state index is 12.3. The zero-order valence-electron chi connectivity index (χ0n) is 13.8. The Balaban J connectivity index is 2.16. The minimum Gasteiger partial charge on any atom is -0.506 e. The van der Waals surface area contributed by atoms with Gasteiger partial charge in [0.25, 0.3) is 5.91 Å². The first kappa shape index (κ1) is 15.2. The van der Waals surface area contributed by atoms with Crippen molar-refractivity contribution in [1.29, 1.82) is 0 Å². The van der Waals surface area contributed by atoms with Crippen LogP contribution in [0.5, 0.6) is 5.75 Å². The number of phenols is 1. The van der Waals surface area contributed by atoms with Crippen LogP contribution < -0.4 is 5.32 Å². The van der Waals surface area contributed by atoms with Gasteiger partial charge in [0.1, 0.15) is 5.75 Å². The average molecular weight is 327 g/mol. The minimum absolute atomic E-state index is 0.00871. The number of aromatic hydroxyl groups is 1. The molecule has 0 fully saturated rings. The van der Waals surface area contributed by atoms with E-state index in [-0.39, 0.29) is 17.2 Å². The topological polar surface area (TPSA) is 49.3 Å². The second-order valence-corrected chi connectivity index (χ2v) is 5.97. The van der Waals surface area contributed by atoms with Gasteiger partial charge in [-0.15, -0.1) is 0 Å². The summed E-state index contributed by atoms with van der Waals surface area (Å²) in [5.41, 5.74) is 1.88. The van der Waals surface area contributed by atoms with Gasteiger partial charge in [0.05, 0.1) is 5.56 Å². The summed E-state index contributed by atoms with van der Waals surface area (Å²) in [6.45, 7) is 0. The van der Waals surface area contributed by atoms with Crippen molar-refractivity contribution in [3.8, 4) is 16.9 Å². The van der Waals surface area contributed by atoms with Crippen molar-refractivity contribution < 1.29 is 9.90 Å². The molecular weight excluding hydrogens is 310 g/mol. The van der Waals surface area contributed by atoms with Crippen LogP contribution >= 0.6 is 0 Å². The average Bonchev–Trinajstić information content (AvgIpc) is 2.66. The monoisotopic (exact) mass is 327 g/mol. The highest BCUT2D eigenvalue weighted by Gasteiger charge is 2.19. The number of carbonyl (C=O) groups is 1. The van der Waals surface area contributed by atoms with Crippen LogP contribution in [0.25, 0.3) is 32.7 Å². The second kappa shape index (κ2) is 5.95. The van der Waals surface area contributed by atoms with Gasteiger partial charge in [-0.05, 0) is 33.2 Å². The maximum atomic E-state index is 12.3. The molecule has 4 aromatic carbocycles. The van der Waals surface area contributed by atoms with Gasteiger partial charge in [0.15, 0.2) is 0 Å². The molecule has 4 rings (SSSR count). The Kier molecular flexibility index (Phi) is 3.62. The normalized spacial score (nSPS) is 10.9. The number of nitrogens with one attached hydrogen (secondary N) is 1. The summed E-state index contributed by atoms with van der Waals surface area (Å²) < 4.78 is 0. The molecule has 0 atom stereocenters.